The van der Waals surface area contributed by atoms with Crippen LogP contribution < -0.4 is 5.73 Å². The summed E-state index contributed by atoms with van der Waals surface area (Å²) < 4.78 is 0. The van der Waals surface area contributed by atoms with E-state index in [0.717, 1.165) is 6.54 Å². The first-order valence-corrected chi connectivity index (χ1v) is 2.21. The maximum atomic E-state index is 3.68. The van der Waals surface area contributed by atoms with Crippen molar-refractivity contribution in [2.75, 3.05) is 6.54 Å². The van der Waals surface area contributed by atoms with Crippen LogP contribution >= 0.6 is 0 Å². The molecule has 3 nitrogen and oxygen atoms in total. The highest BCUT2D eigenvalue weighted by atomic mass is 16.0. The van der Waals surface area contributed by atoms with E-state index in [4.69, 9.17) is 0 Å². The topological polar surface area (TPSA) is 89.1 Å². The first-order chi connectivity index (χ1) is 2.41. The highest BCUT2D eigenvalue weighted by Gasteiger charge is 1.71. The van der Waals surface area contributed by atoms with Crippen molar-refractivity contribution in [1.29, 1.82) is 0 Å². The Morgan fingerprint density at radius 3 is 1.86 bits per heavy atom. The highest BCUT2D eigenvalue weighted by Crippen LogP contribution is 1.75. The van der Waals surface area contributed by atoms with Gasteiger partial charge in [-0.2, -0.15) is 0 Å². The number of hydrogen-bond donors (Lipinski definition) is 1. The molecule has 0 saturated heterocycles. The minimum atomic E-state index is 0. The molecule has 0 amide bonds. The first kappa shape index (κ1) is 15.8. The molecule has 48 valence electrons. The summed E-state index contributed by atoms with van der Waals surface area (Å²) >= 11 is 0. The Hall–Kier alpha value is -0.120. The summed E-state index contributed by atoms with van der Waals surface area (Å²) in [5, 5.41) is 0. The van der Waals surface area contributed by atoms with Crippen LogP contribution in [0.1, 0.15) is 19.8 Å². The van der Waals surface area contributed by atoms with E-state index in [-0.39, 0.29) is 11.0 Å². The molecular formula is C4H15NO2. The second-order valence-electron chi connectivity index (χ2n) is 1.21. The molecule has 0 rings (SSSR count). The average Bonchev–Trinajstić information content (AvgIpc) is 1.41. The molecule has 6 N–H and O–H groups in total. The minimum Gasteiger partial charge on any atom is -0.870 e. The van der Waals surface area contributed by atoms with Gasteiger partial charge in [-0.15, -0.1) is 0 Å². The van der Waals surface area contributed by atoms with Gasteiger partial charge in [0.25, 0.3) is 0 Å². The molecule has 0 heterocycles. The maximum Gasteiger partial charge on any atom is 0.0739 e. The van der Waals surface area contributed by atoms with Crippen LogP contribution in [0.4, 0.5) is 0 Å². The normalized spacial score (nSPS) is 6.00. The summed E-state index contributed by atoms with van der Waals surface area (Å²) in [4.78, 5) is 0. The Morgan fingerprint density at radius 2 is 1.86 bits per heavy atom. The molecule has 0 unspecified atom stereocenters. The van der Waals surface area contributed by atoms with Crippen molar-refractivity contribution in [3.8, 4) is 0 Å². The highest BCUT2D eigenvalue weighted by molar-refractivity contribution is 4.21. The Balaban J connectivity index is -0.0000000800. The zero-order valence-electron chi connectivity index (χ0n) is 4.78. The van der Waals surface area contributed by atoms with Crippen molar-refractivity contribution in [2.24, 2.45) is 0 Å². The fourth-order valence-electron chi connectivity index (χ4n) is 0.250. The van der Waals surface area contributed by atoms with Crippen molar-refractivity contribution in [3.63, 3.8) is 0 Å². The summed E-state index contributed by atoms with van der Waals surface area (Å²) in [7, 11) is 0. The lowest BCUT2D eigenvalue weighted by Gasteiger charge is -1.77. The minimum absolute atomic E-state index is 0. The number of rotatable bonds is 2. The molecule has 0 aromatic rings. The molecule has 0 aromatic carbocycles. The fourth-order valence-corrected chi connectivity index (χ4v) is 0.250. The summed E-state index contributed by atoms with van der Waals surface area (Å²) in [5.74, 6) is 0. The van der Waals surface area contributed by atoms with Gasteiger partial charge < -0.3 is 16.7 Å². The van der Waals surface area contributed by atoms with Gasteiger partial charge in [-0.1, -0.05) is 13.3 Å². The maximum absolute atomic E-state index is 3.68. The summed E-state index contributed by atoms with van der Waals surface area (Å²) in [6, 6.07) is 0. The van der Waals surface area contributed by atoms with E-state index in [9.17, 15) is 0 Å². The van der Waals surface area contributed by atoms with Crippen molar-refractivity contribution >= 4 is 0 Å². The lowest BCUT2D eigenvalue weighted by molar-refractivity contribution is -0.368. The average molecular weight is 109 g/mol. The Bertz CT molecular complexity index is 17.2. The van der Waals surface area contributed by atoms with E-state index in [1.807, 2.05) is 0 Å². The lowest BCUT2D eigenvalue weighted by atomic mass is 10.3. The Kier molecular flexibility index (Phi) is 38.1. The van der Waals surface area contributed by atoms with Crippen molar-refractivity contribution in [2.45, 2.75) is 19.8 Å². The van der Waals surface area contributed by atoms with Gasteiger partial charge in [-0.25, -0.2) is 0 Å². The molecular weight excluding hydrogens is 94.0 g/mol. The summed E-state index contributed by atoms with van der Waals surface area (Å²) in [6.45, 7) is 3.27. The SMILES string of the molecule is CCCC[NH3+].O.[OH-]. The molecule has 0 aliphatic rings. The quantitative estimate of drug-likeness (QED) is 0.485. The standard InChI is InChI=1S/C4H11N.2H2O/c1-2-3-4-5;;/h2-5H2,1H3;2*1H2. The third-order valence-corrected chi connectivity index (χ3v) is 0.604. The van der Waals surface area contributed by atoms with Crippen molar-refractivity contribution in [3.05, 3.63) is 0 Å². The third-order valence-electron chi connectivity index (χ3n) is 0.604. The molecule has 0 aromatic heterocycles. The van der Waals surface area contributed by atoms with E-state index in [0.29, 0.717) is 0 Å². The summed E-state index contributed by atoms with van der Waals surface area (Å²) in [5.41, 5.74) is 3.68. The summed E-state index contributed by atoms with van der Waals surface area (Å²) in [6.07, 6.45) is 2.56. The molecule has 0 atom stereocenters. The van der Waals surface area contributed by atoms with Gasteiger partial charge in [0.15, 0.2) is 0 Å². The van der Waals surface area contributed by atoms with Gasteiger partial charge in [0.2, 0.25) is 0 Å². The Labute approximate surface area is 44.1 Å². The van der Waals surface area contributed by atoms with Crippen LogP contribution in [0.25, 0.3) is 0 Å². The van der Waals surface area contributed by atoms with Gasteiger partial charge in [-0.05, 0) is 6.42 Å². The Morgan fingerprint density at radius 1 is 1.43 bits per heavy atom. The van der Waals surface area contributed by atoms with Crippen molar-refractivity contribution in [1.82, 2.24) is 0 Å². The molecule has 0 aliphatic carbocycles. The predicted octanol–water partition coefficient (Wildman–Crippen LogP) is -0.973. The van der Waals surface area contributed by atoms with Crippen LogP contribution in [0, 0.1) is 0 Å². The van der Waals surface area contributed by atoms with Crippen LogP contribution in [0.3, 0.4) is 0 Å². The van der Waals surface area contributed by atoms with Crippen LogP contribution in [0.2, 0.25) is 0 Å². The molecule has 0 fully saturated rings. The molecule has 0 aliphatic heterocycles. The largest absolute Gasteiger partial charge is 0.870 e. The van der Waals surface area contributed by atoms with E-state index < -0.39 is 0 Å². The lowest BCUT2D eigenvalue weighted by Crippen LogP contribution is -2.49. The number of hydrogen-bond acceptors (Lipinski definition) is 1. The second-order valence-corrected chi connectivity index (χ2v) is 1.21. The van der Waals surface area contributed by atoms with Crippen LogP contribution in [-0.4, -0.2) is 17.5 Å². The molecule has 0 radical (unpaired) electrons. The number of unbranched alkanes of at least 4 members (excludes halogenated alkanes) is 1. The predicted molar refractivity (Wildman–Crippen MR) is 28.2 cm³/mol. The fraction of sp³-hybridized carbons (Fsp3) is 1.00. The third kappa shape index (κ3) is 25.0. The van der Waals surface area contributed by atoms with Crippen LogP contribution in [-0.2, 0) is 0 Å². The zero-order chi connectivity index (χ0) is 4.12. The smallest absolute Gasteiger partial charge is 0.0739 e. The first-order valence-electron chi connectivity index (χ1n) is 2.21. The van der Waals surface area contributed by atoms with Gasteiger partial charge >= 0.3 is 0 Å². The monoisotopic (exact) mass is 109 g/mol. The van der Waals surface area contributed by atoms with E-state index in [1.54, 1.807) is 0 Å². The molecule has 3 heteroatoms. The van der Waals surface area contributed by atoms with Gasteiger partial charge in [0, 0.05) is 0 Å². The van der Waals surface area contributed by atoms with E-state index >= 15 is 0 Å². The van der Waals surface area contributed by atoms with Crippen molar-refractivity contribution < 1.29 is 16.7 Å². The number of quaternary nitrogens is 1. The van der Waals surface area contributed by atoms with Crippen LogP contribution in [0.15, 0.2) is 0 Å². The van der Waals surface area contributed by atoms with Gasteiger partial charge in [-0.3, -0.25) is 0 Å². The molecule has 0 bridgehead atoms. The van der Waals surface area contributed by atoms with Crippen LogP contribution in [0.5, 0.6) is 0 Å². The van der Waals surface area contributed by atoms with E-state index in [1.165, 1.54) is 12.8 Å². The molecule has 7 heavy (non-hydrogen) atoms. The molecule has 0 spiro atoms. The second kappa shape index (κ2) is 16.9. The van der Waals surface area contributed by atoms with Gasteiger partial charge in [0.05, 0.1) is 6.54 Å². The van der Waals surface area contributed by atoms with E-state index in [2.05, 4.69) is 12.7 Å². The van der Waals surface area contributed by atoms with Gasteiger partial charge in [0.1, 0.15) is 0 Å². The zero-order valence-corrected chi connectivity index (χ0v) is 4.78. The molecule has 0 saturated carbocycles.